The minimum absolute atomic E-state index is 0.406. The minimum atomic E-state index is -3.34. The number of anilines is 3. The number of benzene rings is 2. The lowest BCUT2D eigenvalue weighted by molar-refractivity contribution is 0.262. The molecule has 0 aliphatic heterocycles. The van der Waals surface area contributed by atoms with Crippen LogP contribution >= 0.6 is 11.6 Å². The van der Waals surface area contributed by atoms with Crippen molar-refractivity contribution >= 4 is 44.7 Å². The molecule has 0 unspecified atom stereocenters. The number of hydrogen-bond acceptors (Lipinski definition) is 4. The first-order valence-corrected chi connectivity index (χ1v) is 9.45. The van der Waals surface area contributed by atoms with Gasteiger partial charge in [0.05, 0.1) is 19.1 Å². The van der Waals surface area contributed by atoms with Gasteiger partial charge in [0.2, 0.25) is 10.0 Å². The molecule has 2 rings (SSSR count). The average molecular weight is 384 g/mol. The Kier molecular flexibility index (Phi) is 5.76. The number of amides is 2. The van der Waals surface area contributed by atoms with Crippen LogP contribution in [0.25, 0.3) is 0 Å². The lowest BCUT2D eigenvalue weighted by Gasteiger charge is -2.13. The first kappa shape index (κ1) is 18.9. The summed E-state index contributed by atoms with van der Waals surface area (Å²) in [6, 6.07) is 9.11. The van der Waals surface area contributed by atoms with E-state index < -0.39 is 16.1 Å². The van der Waals surface area contributed by atoms with Gasteiger partial charge in [0.1, 0.15) is 5.75 Å². The third-order valence-electron chi connectivity index (χ3n) is 3.17. The maximum Gasteiger partial charge on any atom is 0.323 e. The van der Waals surface area contributed by atoms with E-state index in [1.165, 1.54) is 7.11 Å². The van der Waals surface area contributed by atoms with E-state index in [4.69, 9.17) is 16.3 Å². The van der Waals surface area contributed by atoms with Crippen LogP contribution in [0.5, 0.6) is 5.75 Å². The van der Waals surface area contributed by atoms with Crippen LogP contribution in [0.2, 0.25) is 5.02 Å². The molecule has 0 heterocycles. The highest BCUT2D eigenvalue weighted by molar-refractivity contribution is 7.92. The summed E-state index contributed by atoms with van der Waals surface area (Å²) in [6.45, 7) is 1.82. The van der Waals surface area contributed by atoms with Crippen LogP contribution in [0.3, 0.4) is 0 Å². The zero-order chi connectivity index (χ0) is 18.6. The van der Waals surface area contributed by atoms with Crippen LogP contribution in [0.4, 0.5) is 21.9 Å². The Morgan fingerprint density at radius 2 is 1.68 bits per heavy atom. The summed E-state index contributed by atoms with van der Waals surface area (Å²) in [6.07, 6.45) is 1.06. The molecule has 0 fully saturated rings. The van der Waals surface area contributed by atoms with Crippen molar-refractivity contribution in [3.8, 4) is 5.75 Å². The zero-order valence-corrected chi connectivity index (χ0v) is 15.5. The number of ether oxygens (including phenoxy) is 1. The van der Waals surface area contributed by atoms with E-state index in [1.54, 1.807) is 36.4 Å². The molecule has 0 radical (unpaired) electrons. The molecule has 0 spiro atoms. The Morgan fingerprint density at radius 1 is 1.08 bits per heavy atom. The van der Waals surface area contributed by atoms with Crippen LogP contribution in [-0.4, -0.2) is 27.8 Å². The first-order valence-electron chi connectivity index (χ1n) is 7.18. The van der Waals surface area contributed by atoms with E-state index in [2.05, 4.69) is 15.4 Å². The second-order valence-electron chi connectivity index (χ2n) is 5.33. The molecule has 9 heteroatoms. The summed E-state index contributed by atoms with van der Waals surface area (Å²) < 4.78 is 29.9. The third-order valence-corrected chi connectivity index (χ3v) is 4.19. The van der Waals surface area contributed by atoms with Gasteiger partial charge in [-0.05, 0) is 42.8 Å². The topological polar surface area (TPSA) is 96.5 Å². The molecule has 0 aliphatic carbocycles. The SMILES string of the molecule is COc1cc(Cl)c(C)cc1NC(=O)Nc1ccc(NS(C)(=O)=O)cc1. The first-order chi connectivity index (χ1) is 11.7. The second kappa shape index (κ2) is 7.62. The van der Waals surface area contributed by atoms with Gasteiger partial charge in [-0.3, -0.25) is 4.72 Å². The number of rotatable bonds is 5. The summed E-state index contributed by atoms with van der Waals surface area (Å²) >= 11 is 6.03. The van der Waals surface area contributed by atoms with Gasteiger partial charge in [-0.15, -0.1) is 0 Å². The molecule has 0 aromatic heterocycles. The number of carbonyl (C=O) groups is 1. The normalized spacial score (nSPS) is 10.9. The van der Waals surface area contributed by atoms with Crippen LogP contribution in [0.1, 0.15) is 5.56 Å². The molecular formula is C16H18ClN3O4S. The molecule has 134 valence electrons. The lowest BCUT2D eigenvalue weighted by Crippen LogP contribution is -2.20. The number of carbonyl (C=O) groups excluding carboxylic acids is 1. The van der Waals surface area contributed by atoms with E-state index >= 15 is 0 Å². The fourth-order valence-corrected chi connectivity index (χ4v) is 2.77. The summed E-state index contributed by atoms with van der Waals surface area (Å²) in [5, 5.41) is 5.87. The van der Waals surface area contributed by atoms with Gasteiger partial charge in [0.25, 0.3) is 0 Å². The molecule has 0 saturated carbocycles. The Morgan fingerprint density at radius 3 is 2.24 bits per heavy atom. The zero-order valence-electron chi connectivity index (χ0n) is 13.9. The largest absolute Gasteiger partial charge is 0.495 e. The maximum atomic E-state index is 12.1. The standard InChI is InChI=1S/C16H18ClN3O4S/c1-10-8-14(15(24-2)9-13(10)17)19-16(21)18-11-4-6-12(7-5-11)20-25(3,22)23/h4-9,20H,1-3H3,(H2,18,19,21). The fraction of sp³-hybridized carbons (Fsp3) is 0.188. The van der Waals surface area contributed by atoms with Crippen molar-refractivity contribution in [2.45, 2.75) is 6.92 Å². The number of methoxy groups -OCH3 is 1. The van der Waals surface area contributed by atoms with Crippen molar-refractivity contribution in [2.75, 3.05) is 28.7 Å². The Bertz CT molecular complexity index is 883. The minimum Gasteiger partial charge on any atom is -0.495 e. The number of hydrogen-bond donors (Lipinski definition) is 3. The molecule has 2 aromatic rings. The predicted molar refractivity (Wildman–Crippen MR) is 100 cm³/mol. The quantitative estimate of drug-likeness (QED) is 0.733. The van der Waals surface area contributed by atoms with E-state index in [1.807, 2.05) is 6.92 Å². The Hall–Kier alpha value is -2.45. The number of halogens is 1. The molecule has 0 aliphatic rings. The van der Waals surface area contributed by atoms with E-state index in [0.29, 0.717) is 27.8 Å². The van der Waals surface area contributed by atoms with Gasteiger partial charge in [0, 0.05) is 22.5 Å². The monoisotopic (exact) mass is 383 g/mol. The highest BCUT2D eigenvalue weighted by Crippen LogP contribution is 2.31. The van der Waals surface area contributed by atoms with Crippen molar-refractivity contribution in [2.24, 2.45) is 0 Å². The van der Waals surface area contributed by atoms with E-state index in [-0.39, 0.29) is 0 Å². The molecule has 7 nitrogen and oxygen atoms in total. The van der Waals surface area contributed by atoms with Crippen molar-refractivity contribution < 1.29 is 17.9 Å². The second-order valence-corrected chi connectivity index (χ2v) is 7.49. The lowest BCUT2D eigenvalue weighted by atomic mass is 10.2. The third kappa shape index (κ3) is 5.54. The van der Waals surface area contributed by atoms with Gasteiger partial charge in [-0.25, -0.2) is 13.2 Å². The molecule has 0 bridgehead atoms. The van der Waals surface area contributed by atoms with Crippen molar-refractivity contribution in [3.05, 3.63) is 47.0 Å². The molecular weight excluding hydrogens is 366 g/mol. The summed E-state index contributed by atoms with van der Waals surface area (Å²) in [5.74, 6) is 0.443. The average Bonchev–Trinajstić information content (AvgIpc) is 2.51. The molecule has 3 N–H and O–H groups in total. The molecule has 2 aromatic carbocycles. The van der Waals surface area contributed by atoms with Crippen molar-refractivity contribution in [1.82, 2.24) is 0 Å². The fourth-order valence-electron chi connectivity index (χ4n) is 2.05. The van der Waals surface area contributed by atoms with Gasteiger partial charge >= 0.3 is 6.03 Å². The van der Waals surface area contributed by atoms with Crippen LogP contribution in [-0.2, 0) is 10.0 Å². The maximum absolute atomic E-state index is 12.1. The predicted octanol–water partition coefficient (Wildman–Crippen LogP) is 3.67. The van der Waals surface area contributed by atoms with Crippen molar-refractivity contribution in [1.29, 1.82) is 0 Å². The summed E-state index contributed by atoms with van der Waals surface area (Å²) in [4.78, 5) is 12.1. The Balaban J connectivity index is 2.07. The van der Waals surface area contributed by atoms with E-state index in [0.717, 1.165) is 11.8 Å². The van der Waals surface area contributed by atoms with Crippen molar-refractivity contribution in [3.63, 3.8) is 0 Å². The van der Waals surface area contributed by atoms with Gasteiger partial charge < -0.3 is 15.4 Å². The summed E-state index contributed by atoms with van der Waals surface area (Å²) in [7, 11) is -1.86. The highest BCUT2D eigenvalue weighted by atomic mass is 35.5. The van der Waals surface area contributed by atoms with Gasteiger partial charge in [0.15, 0.2) is 0 Å². The van der Waals surface area contributed by atoms with Gasteiger partial charge in [-0.1, -0.05) is 11.6 Å². The van der Waals surface area contributed by atoms with E-state index in [9.17, 15) is 13.2 Å². The van der Waals surface area contributed by atoms with Crippen LogP contribution in [0, 0.1) is 6.92 Å². The summed E-state index contributed by atoms with van der Waals surface area (Å²) in [5.41, 5.74) is 2.19. The number of aryl methyl sites for hydroxylation is 1. The molecule has 2 amide bonds. The number of nitrogens with one attached hydrogen (secondary N) is 3. The number of urea groups is 1. The number of sulfonamides is 1. The van der Waals surface area contributed by atoms with Crippen LogP contribution < -0.4 is 20.1 Å². The highest BCUT2D eigenvalue weighted by Gasteiger charge is 2.11. The molecule has 25 heavy (non-hydrogen) atoms. The smallest absolute Gasteiger partial charge is 0.323 e. The Labute approximate surface area is 151 Å². The molecule has 0 atom stereocenters. The van der Waals surface area contributed by atoms with Crippen LogP contribution in [0.15, 0.2) is 36.4 Å². The molecule has 0 saturated heterocycles. The van der Waals surface area contributed by atoms with Gasteiger partial charge in [-0.2, -0.15) is 0 Å².